The van der Waals surface area contributed by atoms with E-state index in [4.69, 9.17) is 4.74 Å². The highest BCUT2D eigenvalue weighted by Gasteiger charge is 2.38. The van der Waals surface area contributed by atoms with Crippen molar-refractivity contribution in [2.75, 3.05) is 39.8 Å². The molecule has 3 aromatic rings. The van der Waals surface area contributed by atoms with Gasteiger partial charge >= 0.3 is 12.0 Å². The SMILES string of the molecule is CC.CC(C)OC(=O)C1=CN(C(=O)N2CCC[NH+](C)CC2)CC(C)(C)c2c1[nH]c1ccccc21.Cc1ccccc1. The van der Waals surface area contributed by atoms with Crippen molar-refractivity contribution in [1.82, 2.24) is 14.8 Å². The van der Waals surface area contributed by atoms with Gasteiger partial charge in [-0.05, 0) is 32.4 Å². The summed E-state index contributed by atoms with van der Waals surface area (Å²) in [7, 11) is 2.17. The van der Waals surface area contributed by atoms with E-state index in [-0.39, 0.29) is 17.6 Å². The van der Waals surface area contributed by atoms with Crippen molar-refractivity contribution in [2.45, 2.75) is 66.4 Å². The number of amides is 2. The molecule has 222 valence electrons. The normalized spacial score (nSPS) is 18.1. The fourth-order valence-electron chi connectivity index (χ4n) is 5.41. The van der Waals surface area contributed by atoms with Gasteiger partial charge in [-0.2, -0.15) is 0 Å². The number of rotatable bonds is 2. The Kier molecular flexibility index (Phi) is 11.2. The van der Waals surface area contributed by atoms with E-state index in [1.165, 1.54) is 10.5 Å². The number of aromatic amines is 1. The number of nitrogens with zero attached hydrogens (tertiary/aromatic N) is 2. The second-order valence-electron chi connectivity index (χ2n) is 11.7. The maximum atomic E-state index is 13.6. The average Bonchev–Trinajstić information content (AvgIpc) is 3.13. The van der Waals surface area contributed by atoms with Crippen molar-refractivity contribution >= 4 is 28.5 Å². The molecule has 3 heterocycles. The van der Waals surface area contributed by atoms with Crippen molar-refractivity contribution in [2.24, 2.45) is 0 Å². The lowest BCUT2D eigenvalue weighted by Crippen LogP contribution is -3.09. The molecule has 2 N–H and O–H groups in total. The lowest BCUT2D eigenvalue weighted by Gasteiger charge is -2.32. The molecule has 2 aromatic carbocycles. The van der Waals surface area contributed by atoms with Crippen LogP contribution in [0.4, 0.5) is 4.79 Å². The molecule has 7 heteroatoms. The molecule has 2 aliphatic heterocycles. The molecule has 1 fully saturated rings. The van der Waals surface area contributed by atoms with Gasteiger partial charge in [0.05, 0.1) is 44.1 Å². The third-order valence-electron chi connectivity index (χ3n) is 7.36. The number of esters is 1. The number of carbonyl (C=O) groups is 2. The Morgan fingerprint density at radius 3 is 2.27 bits per heavy atom. The Bertz CT molecular complexity index is 1330. The highest BCUT2D eigenvalue weighted by molar-refractivity contribution is 6.18. The number of fused-ring (bicyclic) bond motifs is 3. The Labute approximate surface area is 246 Å². The summed E-state index contributed by atoms with van der Waals surface area (Å²) in [4.78, 5) is 35.3. The molecule has 0 bridgehead atoms. The molecular formula is C34H49N4O3+. The van der Waals surface area contributed by atoms with Crippen molar-refractivity contribution in [3.8, 4) is 0 Å². The van der Waals surface area contributed by atoms with E-state index in [0.29, 0.717) is 12.1 Å². The topological polar surface area (TPSA) is 70.1 Å². The Morgan fingerprint density at radius 2 is 1.63 bits per heavy atom. The molecule has 1 saturated heterocycles. The van der Waals surface area contributed by atoms with Gasteiger partial charge in [-0.3, -0.25) is 4.90 Å². The maximum absolute atomic E-state index is 13.6. The van der Waals surface area contributed by atoms with E-state index in [1.54, 1.807) is 11.1 Å². The Morgan fingerprint density at radius 1 is 0.976 bits per heavy atom. The van der Waals surface area contributed by atoms with Gasteiger partial charge < -0.3 is 19.5 Å². The number of nitrogens with one attached hydrogen (secondary N) is 2. The second kappa shape index (κ2) is 14.4. The number of carbonyl (C=O) groups excluding carboxylic acids is 2. The third kappa shape index (κ3) is 8.00. The second-order valence-corrected chi connectivity index (χ2v) is 11.7. The van der Waals surface area contributed by atoms with Crippen molar-refractivity contribution in [3.63, 3.8) is 0 Å². The predicted octanol–water partition coefficient (Wildman–Crippen LogP) is 5.42. The van der Waals surface area contributed by atoms with E-state index in [1.807, 2.05) is 69.0 Å². The van der Waals surface area contributed by atoms with E-state index in [9.17, 15) is 9.59 Å². The van der Waals surface area contributed by atoms with Gasteiger partial charge in [-0.1, -0.05) is 81.8 Å². The number of ether oxygens (including phenoxy) is 1. The zero-order valence-corrected chi connectivity index (χ0v) is 26.2. The number of likely N-dealkylation sites (N-methyl/N-ethyl adjacent to an activating group) is 1. The van der Waals surface area contributed by atoms with Gasteiger partial charge in [-0.25, -0.2) is 9.59 Å². The van der Waals surface area contributed by atoms with Crippen LogP contribution in [-0.4, -0.2) is 72.7 Å². The molecule has 7 nitrogen and oxygen atoms in total. The van der Waals surface area contributed by atoms with Crippen LogP contribution in [0.1, 0.15) is 64.8 Å². The van der Waals surface area contributed by atoms with Crippen molar-refractivity contribution in [3.05, 3.63) is 77.6 Å². The number of benzene rings is 2. The average molecular weight is 562 g/mol. The number of hydrogen-bond donors (Lipinski definition) is 2. The zero-order chi connectivity index (χ0) is 30.2. The van der Waals surface area contributed by atoms with Crippen LogP contribution in [0.2, 0.25) is 0 Å². The number of aryl methyl sites for hydroxylation is 1. The van der Waals surface area contributed by atoms with Crippen LogP contribution in [0.3, 0.4) is 0 Å². The maximum Gasteiger partial charge on any atom is 0.342 e. The van der Waals surface area contributed by atoms with Gasteiger partial charge in [0.15, 0.2) is 0 Å². The predicted molar refractivity (Wildman–Crippen MR) is 168 cm³/mol. The highest BCUT2D eigenvalue weighted by atomic mass is 16.5. The first kappa shape index (κ1) is 31.9. The van der Waals surface area contributed by atoms with E-state index < -0.39 is 5.97 Å². The van der Waals surface area contributed by atoms with Crippen molar-refractivity contribution in [1.29, 1.82) is 0 Å². The molecule has 0 aliphatic carbocycles. The quantitative estimate of drug-likeness (QED) is 0.411. The summed E-state index contributed by atoms with van der Waals surface area (Å²) in [6.45, 7) is 18.0. The van der Waals surface area contributed by atoms with Crippen LogP contribution in [-0.2, 0) is 14.9 Å². The molecule has 5 rings (SSSR count). The van der Waals surface area contributed by atoms with Crippen molar-refractivity contribution < 1.29 is 19.2 Å². The molecule has 1 atom stereocenters. The molecular weight excluding hydrogens is 512 g/mol. The number of quaternary nitrogens is 1. The fraction of sp³-hybridized carbons (Fsp3) is 0.471. The number of urea groups is 1. The largest absolute Gasteiger partial charge is 0.459 e. The first-order chi connectivity index (χ1) is 19.6. The third-order valence-corrected chi connectivity index (χ3v) is 7.36. The summed E-state index contributed by atoms with van der Waals surface area (Å²) < 4.78 is 5.59. The van der Waals surface area contributed by atoms with E-state index >= 15 is 0 Å². The van der Waals surface area contributed by atoms with Gasteiger partial charge in [0.2, 0.25) is 0 Å². The zero-order valence-electron chi connectivity index (χ0n) is 26.2. The molecule has 0 radical (unpaired) electrons. The monoisotopic (exact) mass is 561 g/mol. The van der Waals surface area contributed by atoms with Crippen LogP contribution >= 0.6 is 0 Å². The number of H-pyrrole nitrogens is 1. The molecule has 1 unspecified atom stereocenters. The van der Waals surface area contributed by atoms with Crippen LogP contribution in [0.5, 0.6) is 0 Å². The van der Waals surface area contributed by atoms with E-state index in [0.717, 1.165) is 54.8 Å². The Hall–Kier alpha value is -3.58. The van der Waals surface area contributed by atoms with Crippen LogP contribution in [0.25, 0.3) is 16.5 Å². The fourth-order valence-corrected chi connectivity index (χ4v) is 5.41. The van der Waals surface area contributed by atoms with Crippen LogP contribution in [0, 0.1) is 6.92 Å². The molecule has 0 spiro atoms. The summed E-state index contributed by atoms with van der Waals surface area (Å²) in [6, 6.07) is 18.3. The van der Waals surface area contributed by atoms with E-state index in [2.05, 4.69) is 51.0 Å². The lowest BCUT2D eigenvalue weighted by molar-refractivity contribution is -0.877. The summed E-state index contributed by atoms with van der Waals surface area (Å²) in [6.07, 6.45) is 2.43. The minimum Gasteiger partial charge on any atom is -0.459 e. The summed E-state index contributed by atoms with van der Waals surface area (Å²) in [5.74, 6) is -0.414. The number of para-hydroxylation sites is 1. The summed E-state index contributed by atoms with van der Waals surface area (Å²) in [5.41, 5.74) is 4.14. The minimum absolute atomic E-state index is 0.0444. The van der Waals surface area contributed by atoms with Gasteiger partial charge in [0.1, 0.15) is 0 Å². The first-order valence-electron chi connectivity index (χ1n) is 15.0. The summed E-state index contributed by atoms with van der Waals surface area (Å²) in [5, 5.41) is 1.07. The van der Waals surface area contributed by atoms with Gasteiger partial charge in [-0.15, -0.1) is 0 Å². The standard InChI is InChI=1S/C25H34N4O3.C7H8.C2H6/c1-17(2)32-23(30)19-15-29(24(31)28-12-8-11-27(5)13-14-28)16-25(3,4)21-18-9-6-7-10-20(18)26-22(19)21;1-7-5-3-2-4-6-7;1-2/h6-7,9-10,15,17,26H,8,11-14,16H2,1-5H3;2-6H,1H3;1-2H3/p+1. The highest BCUT2D eigenvalue weighted by Crippen LogP contribution is 2.40. The summed E-state index contributed by atoms with van der Waals surface area (Å²) >= 11 is 0. The smallest absolute Gasteiger partial charge is 0.342 e. The first-order valence-corrected chi connectivity index (χ1v) is 15.0. The van der Waals surface area contributed by atoms with Gasteiger partial charge in [0.25, 0.3) is 0 Å². The lowest BCUT2D eigenvalue weighted by atomic mass is 9.82. The van der Waals surface area contributed by atoms with Crippen LogP contribution < -0.4 is 4.90 Å². The minimum atomic E-state index is -0.414. The number of hydrogen-bond acceptors (Lipinski definition) is 3. The number of aromatic nitrogens is 1. The molecule has 2 aliphatic rings. The van der Waals surface area contributed by atoms with Gasteiger partial charge in [0, 0.05) is 42.0 Å². The molecule has 1 aromatic heterocycles. The van der Waals surface area contributed by atoms with Crippen LogP contribution in [0.15, 0.2) is 60.8 Å². The molecule has 41 heavy (non-hydrogen) atoms. The Balaban J connectivity index is 0.000000443. The molecule has 0 saturated carbocycles. The molecule has 2 amide bonds.